The van der Waals surface area contributed by atoms with Gasteiger partial charge in [-0.1, -0.05) is 142 Å². The van der Waals surface area contributed by atoms with Crippen molar-refractivity contribution in [2.24, 2.45) is 0 Å². The molecule has 2 fully saturated rings. The Morgan fingerprint density at radius 1 is 0.452 bits per heavy atom. The van der Waals surface area contributed by atoms with Crippen LogP contribution in [-0.2, 0) is 0 Å². The molecular weight excluding hydrogens is 804 g/mol. The van der Waals surface area contributed by atoms with E-state index in [0.717, 1.165) is 23.5 Å². The van der Waals surface area contributed by atoms with E-state index in [2.05, 4.69) is 102 Å². The number of unbranched alkanes of at least 4 members (excludes halogenated alkanes) is 22. The minimum absolute atomic E-state index is 0. The zero-order valence-corrected chi connectivity index (χ0v) is 43.5. The lowest BCUT2D eigenvalue weighted by Gasteiger charge is -2.36. The molecule has 2 aromatic rings. The number of likely N-dealkylation sites (N-methyl/N-ethyl adjacent to an activating group) is 2. The fourth-order valence-electron chi connectivity index (χ4n) is 9.89. The van der Waals surface area contributed by atoms with Crippen molar-refractivity contribution in [3.05, 3.63) is 47.5 Å². The first-order valence-electron chi connectivity index (χ1n) is 25.8. The van der Waals surface area contributed by atoms with Crippen molar-refractivity contribution >= 4 is 22.7 Å². The SMILES string of the molecule is CCCCCCCCCCCCCC[N+](C)(C)C1CCN(c2ccc(N)c(C)c2)C1.CCCCCCCCCCCCCC[N+](C)(C)C1CCN(c2ccc(N)c(C)c2)C1.[Cl-].[Cl-]. The van der Waals surface area contributed by atoms with Gasteiger partial charge < -0.3 is 55.0 Å². The number of rotatable bonds is 30. The molecule has 0 aromatic heterocycles. The molecule has 0 saturated carbocycles. The Hall–Kier alpha value is -1.86. The van der Waals surface area contributed by atoms with Gasteiger partial charge in [0, 0.05) is 48.7 Å². The molecule has 360 valence electrons. The highest BCUT2D eigenvalue weighted by atomic mass is 35.5. The molecule has 0 bridgehead atoms. The number of nitrogens with zero attached hydrogens (tertiary/aromatic N) is 4. The summed E-state index contributed by atoms with van der Waals surface area (Å²) in [6.45, 7) is 16.1. The van der Waals surface area contributed by atoms with E-state index in [1.807, 2.05) is 0 Å². The molecule has 6 nitrogen and oxygen atoms in total. The number of nitrogens with two attached hydrogens (primary N) is 2. The standard InChI is InChI=1S/2C27H50N3.2ClH/c2*1-5-6-7-8-9-10-11-12-13-14-15-16-21-30(3,4)26-19-20-29(23-26)25-17-18-27(28)24(2)22-25;;/h2*17-18,22,26H,5-16,19-21,23,28H2,1-4H3;2*1H/q2*+1;;/p-2. The quantitative estimate of drug-likeness (QED) is 0.0477. The van der Waals surface area contributed by atoms with Crippen LogP contribution in [0.3, 0.4) is 0 Å². The monoisotopic (exact) mass is 903 g/mol. The lowest BCUT2D eigenvalue weighted by atomic mass is 10.0. The summed E-state index contributed by atoms with van der Waals surface area (Å²) in [5.74, 6) is 0. The van der Waals surface area contributed by atoms with E-state index in [9.17, 15) is 0 Å². The Kier molecular flexibility index (Phi) is 30.7. The van der Waals surface area contributed by atoms with Gasteiger partial charge in [0.2, 0.25) is 0 Å². The third-order valence-electron chi connectivity index (χ3n) is 14.7. The average Bonchev–Trinajstić information content (AvgIpc) is 3.94. The molecule has 8 heteroatoms. The van der Waals surface area contributed by atoms with Crippen molar-refractivity contribution in [3.8, 4) is 0 Å². The summed E-state index contributed by atoms with van der Waals surface area (Å²) in [5.41, 5.74) is 18.9. The molecule has 0 amide bonds. The predicted octanol–water partition coefficient (Wildman–Crippen LogP) is 7.87. The van der Waals surface area contributed by atoms with Gasteiger partial charge in [-0.25, -0.2) is 0 Å². The lowest BCUT2D eigenvalue weighted by Crippen LogP contribution is -3.00. The molecule has 2 atom stereocenters. The first-order chi connectivity index (χ1) is 28.9. The van der Waals surface area contributed by atoms with Gasteiger partial charge in [0.25, 0.3) is 0 Å². The molecule has 2 saturated heterocycles. The Morgan fingerprint density at radius 3 is 1.00 bits per heavy atom. The molecule has 2 aliphatic rings. The summed E-state index contributed by atoms with van der Waals surface area (Å²) in [7, 11) is 9.78. The van der Waals surface area contributed by atoms with Gasteiger partial charge in [-0.3, -0.25) is 0 Å². The Balaban J connectivity index is 0.000000601. The van der Waals surface area contributed by atoms with Crippen molar-refractivity contribution in [2.45, 2.75) is 207 Å². The second kappa shape index (κ2) is 32.7. The van der Waals surface area contributed by atoms with E-state index in [-0.39, 0.29) is 24.8 Å². The van der Waals surface area contributed by atoms with Gasteiger partial charge in [-0.15, -0.1) is 0 Å². The first kappa shape index (κ1) is 58.2. The molecule has 0 spiro atoms. The van der Waals surface area contributed by atoms with E-state index >= 15 is 0 Å². The van der Waals surface area contributed by atoms with E-state index in [1.54, 1.807) is 0 Å². The molecule has 4 rings (SSSR count). The molecule has 0 aliphatic carbocycles. The number of hydrogen-bond acceptors (Lipinski definition) is 4. The highest BCUT2D eigenvalue weighted by Gasteiger charge is 2.36. The van der Waals surface area contributed by atoms with E-state index < -0.39 is 0 Å². The van der Waals surface area contributed by atoms with Crippen LogP contribution >= 0.6 is 0 Å². The van der Waals surface area contributed by atoms with Crippen LogP contribution in [0.5, 0.6) is 0 Å². The Bertz CT molecular complexity index is 1310. The largest absolute Gasteiger partial charge is 1.00 e. The number of halogens is 2. The van der Waals surface area contributed by atoms with Crippen LogP contribution in [0.2, 0.25) is 0 Å². The molecule has 0 radical (unpaired) electrons. The van der Waals surface area contributed by atoms with Crippen molar-refractivity contribution in [1.82, 2.24) is 0 Å². The maximum absolute atomic E-state index is 6.00. The number of quaternary nitrogens is 2. The summed E-state index contributed by atoms with van der Waals surface area (Å²) >= 11 is 0. The van der Waals surface area contributed by atoms with Gasteiger partial charge in [0.05, 0.1) is 54.4 Å². The van der Waals surface area contributed by atoms with E-state index in [4.69, 9.17) is 11.5 Å². The van der Waals surface area contributed by atoms with Gasteiger partial charge in [0.15, 0.2) is 0 Å². The molecule has 62 heavy (non-hydrogen) atoms. The minimum Gasteiger partial charge on any atom is -1.00 e. The van der Waals surface area contributed by atoms with Gasteiger partial charge in [-0.2, -0.15) is 0 Å². The molecule has 2 unspecified atom stereocenters. The van der Waals surface area contributed by atoms with Crippen LogP contribution < -0.4 is 46.1 Å². The van der Waals surface area contributed by atoms with Crippen LogP contribution in [0.1, 0.15) is 192 Å². The smallest absolute Gasteiger partial charge is 0.108 e. The number of anilines is 4. The van der Waals surface area contributed by atoms with Crippen LogP contribution in [0.15, 0.2) is 36.4 Å². The molecule has 4 N–H and O–H groups in total. The Morgan fingerprint density at radius 2 is 0.726 bits per heavy atom. The maximum Gasteiger partial charge on any atom is 0.108 e. The Labute approximate surface area is 397 Å². The van der Waals surface area contributed by atoms with E-state index in [0.29, 0.717) is 0 Å². The van der Waals surface area contributed by atoms with E-state index in [1.165, 1.54) is 238 Å². The van der Waals surface area contributed by atoms with Crippen LogP contribution in [0.25, 0.3) is 0 Å². The van der Waals surface area contributed by atoms with Gasteiger partial charge in [-0.05, 0) is 87.1 Å². The first-order valence-corrected chi connectivity index (χ1v) is 25.8. The average molecular weight is 904 g/mol. The zero-order valence-electron chi connectivity index (χ0n) is 41.9. The van der Waals surface area contributed by atoms with Gasteiger partial charge in [0.1, 0.15) is 12.1 Å². The van der Waals surface area contributed by atoms with Gasteiger partial charge >= 0.3 is 0 Å². The third-order valence-corrected chi connectivity index (χ3v) is 14.7. The third kappa shape index (κ3) is 22.4. The van der Waals surface area contributed by atoms with Crippen molar-refractivity contribution in [2.75, 3.05) is 88.7 Å². The molecule has 2 aromatic carbocycles. The number of hydrogen-bond donors (Lipinski definition) is 2. The van der Waals surface area contributed by atoms with Crippen molar-refractivity contribution in [1.29, 1.82) is 0 Å². The highest BCUT2D eigenvalue weighted by Crippen LogP contribution is 2.30. The molecule has 2 heterocycles. The summed E-state index contributed by atoms with van der Waals surface area (Å²) < 4.78 is 2.34. The summed E-state index contributed by atoms with van der Waals surface area (Å²) in [6.07, 6.45) is 36.9. The number of aryl methyl sites for hydroxylation is 2. The second-order valence-corrected chi connectivity index (χ2v) is 20.6. The van der Waals surface area contributed by atoms with Crippen LogP contribution in [0.4, 0.5) is 22.7 Å². The fraction of sp³-hybridized carbons (Fsp3) is 0.778. The topological polar surface area (TPSA) is 58.5 Å². The normalized spacial score (nSPS) is 16.5. The maximum atomic E-state index is 6.00. The van der Waals surface area contributed by atoms with Crippen LogP contribution in [0, 0.1) is 13.8 Å². The van der Waals surface area contributed by atoms with Crippen molar-refractivity contribution in [3.63, 3.8) is 0 Å². The zero-order chi connectivity index (χ0) is 43.6. The summed E-state index contributed by atoms with van der Waals surface area (Å²) in [6, 6.07) is 14.5. The number of nitrogen functional groups attached to an aromatic ring is 2. The number of benzene rings is 2. The van der Waals surface area contributed by atoms with Crippen LogP contribution in [-0.4, -0.2) is 88.5 Å². The second-order valence-electron chi connectivity index (χ2n) is 20.6. The minimum atomic E-state index is 0. The lowest BCUT2D eigenvalue weighted by molar-refractivity contribution is -0.912. The predicted molar refractivity (Wildman–Crippen MR) is 269 cm³/mol. The summed E-state index contributed by atoms with van der Waals surface area (Å²) in [5, 5.41) is 0. The van der Waals surface area contributed by atoms with Crippen molar-refractivity contribution < 1.29 is 33.8 Å². The fourth-order valence-corrected chi connectivity index (χ4v) is 9.89. The summed E-state index contributed by atoms with van der Waals surface area (Å²) in [4.78, 5) is 5.11. The molecular formula is C54H100Cl2N6. The highest BCUT2D eigenvalue weighted by molar-refractivity contribution is 5.59. The molecule has 2 aliphatic heterocycles.